The largest absolute Gasteiger partial charge is 0.497 e. The number of hydrogen-bond donors (Lipinski definition) is 0. The van der Waals surface area contributed by atoms with Gasteiger partial charge in [-0.3, -0.25) is 4.79 Å². The van der Waals surface area contributed by atoms with Gasteiger partial charge in [0, 0.05) is 18.2 Å². The minimum absolute atomic E-state index is 0.0127. The molecule has 5 heteroatoms. The molecule has 0 saturated carbocycles. The number of benzene rings is 2. The Morgan fingerprint density at radius 1 is 1.08 bits per heavy atom. The summed E-state index contributed by atoms with van der Waals surface area (Å²) < 4.78 is 20.9. The van der Waals surface area contributed by atoms with Gasteiger partial charge in [0.2, 0.25) is 0 Å². The first-order valence-corrected chi connectivity index (χ1v) is 8.01. The molecule has 3 rings (SSSR count). The number of aryl methyl sites for hydroxylation is 1. The van der Waals surface area contributed by atoms with E-state index in [9.17, 15) is 9.18 Å². The number of nitriles is 1. The Hall–Kier alpha value is -3.39. The summed E-state index contributed by atoms with van der Waals surface area (Å²) in [5.41, 5.74) is 3.24. The summed E-state index contributed by atoms with van der Waals surface area (Å²) in [6.45, 7) is 1.73. The highest BCUT2D eigenvalue weighted by atomic mass is 19.1. The standard InChI is InChI=1S/C21H17FN2O2/c1-13-10-18(15-4-5-16(12-23)19(22)11-15)20(24(2)21(13)25)14-6-8-17(26-3)9-7-14/h4-11H,1-3H3. The fourth-order valence-electron chi connectivity index (χ4n) is 2.98. The fraction of sp³-hybridized carbons (Fsp3) is 0.143. The zero-order chi connectivity index (χ0) is 18.8. The maximum Gasteiger partial charge on any atom is 0.253 e. The van der Waals surface area contributed by atoms with Crippen LogP contribution in [-0.2, 0) is 7.05 Å². The molecule has 0 unspecified atom stereocenters. The third kappa shape index (κ3) is 2.98. The third-order valence-electron chi connectivity index (χ3n) is 4.36. The van der Waals surface area contributed by atoms with Crippen molar-refractivity contribution < 1.29 is 9.13 Å². The average Bonchev–Trinajstić information content (AvgIpc) is 2.66. The molecule has 130 valence electrons. The first-order chi connectivity index (χ1) is 12.5. The third-order valence-corrected chi connectivity index (χ3v) is 4.36. The molecule has 26 heavy (non-hydrogen) atoms. The zero-order valence-electron chi connectivity index (χ0n) is 14.7. The summed E-state index contributed by atoms with van der Waals surface area (Å²) >= 11 is 0. The van der Waals surface area contributed by atoms with Gasteiger partial charge >= 0.3 is 0 Å². The summed E-state index contributed by atoms with van der Waals surface area (Å²) in [6.07, 6.45) is 0. The van der Waals surface area contributed by atoms with Gasteiger partial charge in [-0.2, -0.15) is 5.26 Å². The summed E-state index contributed by atoms with van der Waals surface area (Å²) in [5, 5.41) is 8.94. The molecular weight excluding hydrogens is 331 g/mol. The lowest BCUT2D eigenvalue weighted by Gasteiger charge is -2.16. The van der Waals surface area contributed by atoms with Gasteiger partial charge in [-0.1, -0.05) is 6.07 Å². The van der Waals surface area contributed by atoms with Gasteiger partial charge in [-0.25, -0.2) is 4.39 Å². The highest BCUT2D eigenvalue weighted by molar-refractivity contribution is 5.82. The van der Waals surface area contributed by atoms with E-state index in [1.54, 1.807) is 37.8 Å². The van der Waals surface area contributed by atoms with Crippen LogP contribution in [0.3, 0.4) is 0 Å². The first kappa shape index (κ1) is 17.4. The molecule has 0 fully saturated rings. The number of nitrogens with zero attached hydrogens (tertiary/aromatic N) is 2. The monoisotopic (exact) mass is 348 g/mol. The maximum absolute atomic E-state index is 14.1. The van der Waals surface area contributed by atoms with Crippen molar-refractivity contribution in [3.05, 3.63) is 75.8 Å². The summed E-state index contributed by atoms with van der Waals surface area (Å²) in [7, 11) is 3.28. The van der Waals surface area contributed by atoms with E-state index in [-0.39, 0.29) is 11.1 Å². The molecule has 0 aliphatic carbocycles. The molecule has 0 amide bonds. The second-order valence-corrected chi connectivity index (χ2v) is 5.99. The summed E-state index contributed by atoms with van der Waals surface area (Å²) in [4.78, 5) is 12.5. The van der Waals surface area contributed by atoms with Crippen LogP contribution in [0.5, 0.6) is 5.75 Å². The van der Waals surface area contributed by atoms with Crippen LogP contribution in [0.2, 0.25) is 0 Å². The van der Waals surface area contributed by atoms with Gasteiger partial charge in [-0.15, -0.1) is 0 Å². The molecule has 1 aromatic heterocycles. The molecule has 0 saturated heterocycles. The molecule has 0 spiro atoms. The molecule has 0 N–H and O–H groups in total. The minimum Gasteiger partial charge on any atom is -0.497 e. The molecule has 4 nitrogen and oxygen atoms in total. The quantitative estimate of drug-likeness (QED) is 0.718. The van der Waals surface area contributed by atoms with Crippen molar-refractivity contribution in [3.8, 4) is 34.2 Å². The fourth-order valence-corrected chi connectivity index (χ4v) is 2.98. The van der Waals surface area contributed by atoms with Crippen molar-refractivity contribution in [2.75, 3.05) is 7.11 Å². The second-order valence-electron chi connectivity index (χ2n) is 5.99. The predicted octanol–water partition coefficient (Wildman–Crippen LogP) is 4.05. The maximum atomic E-state index is 14.1. The normalized spacial score (nSPS) is 10.4. The Morgan fingerprint density at radius 2 is 1.73 bits per heavy atom. The van der Waals surface area contributed by atoms with E-state index in [0.717, 1.165) is 11.1 Å². The molecule has 1 heterocycles. The highest BCUT2D eigenvalue weighted by Gasteiger charge is 2.15. The van der Waals surface area contributed by atoms with E-state index in [1.165, 1.54) is 12.1 Å². The Morgan fingerprint density at radius 3 is 2.31 bits per heavy atom. The number of hydrogen-bond acceptors (Lipinski definition) is 3. The lowest BCUT2D eigenvalue weighted by atomic mass is 9.96. The van der Waals surface area contributed by atoms with E-state index in [2.05, 4.69) is 0 Å². The number of rotatable bonds is 3. The van der Waals surface area contributed by atoms with E-state index in [1.807, 2.05) is 30.3 Å². The molecule has 2 aromatic carbocycles. The lowest BCUT2D eigenvalue weighted by molar-refractivity contribution is 0.415. The Balaban J connectivity index is 2.29. The first-order valence-electron chi connectivity index (χ1n) is 8.01. The van der Waals surface area contributed by atoms with E-state index < -0.39 is 5.82 Å². The van der Waals surface area contributed by atoms with Gasteiger partial charge in [0.15, 0.2) is 0 Å². The van der Waals surface area contributed by atoms with Crippen molar-refractivity contribution in [2.24, 2.45) is 7.05 Å². The van der Waals surface area contributed by atoms with E-state index >= 15 is 0 Å². The van der Waals surface area contributed by atoms with Crippen molar-refractivity contribution in [3.63, 3.8) is 0 Å². The van der Waals surface area contributed by atoms with Crippen LogP contribution >= 0.6 is 0 Å². The molecule has 0 aliphatic rings. The SMILES string of the molecule is COc1ccc(-c2c(-c3ccc(C#N)c(F)c3)cc(C)c(=O)n2C)cc1. The van der Waals surface area contributed by atoms with Crippen LogP contribution in [0.4, 0.5) is 4.39 Å². The van der Waals surface area contributed by atoms with Gasteiger partial charge in [-0.05, 0) is 60.5 Å². The summed E-state index contributed by atoms with van der Waals surface area (Å²) in [6, 6.07) is 15.4. The number of methoxy groups -OCH3 is 1. The van der Waals surface area contributed by atoms with Crippen LogP contribution in [0, 0.1) is 24.1 Å². The number of aromatic nitrogens is 1. The van der Waals surface area contributed by atoms with Gasteiger partial charge in [0.25, 0.3) is 5.56 Å². The number of ether oxygens (including phenoxy) is 1. The Labute approximate surface area is 150 Å². The predicted molar refractivity (Wildman–Crippen MR) is 98.5 cm³/mol. The van der Waals surface area contributed by atoms with Crippen molar-refractivity contribution >= 4 is 0 Å². The Bertz CT molecular complexity index is 1080. The van der Waals surface area contributed by atoms with Crippen molar-refractivity contribution in [1.29, 1.82) is 5.26 Å². The topological polar surface area (TPSA) is 55.0 Å². The van der Waals surface area contributed by atoms with Crippen LogP contribution in [0.1, 0.15) is 11.1 Å². The van der Waals surface area contributed by atoms with Crippen molar-refractivity contribution in [2.45, 2.75) is 6.92 Å². The van der Waals surface area contributed by atoms with Crippen LogP contribution in [0.15, 0.2) is 53.3 Å². The molecular formula is C21H17FN2O2. The molecule has 0 atom stereocenters. The minimum atomic E-state index is -0.586. The highest BCUT2D eigenvalue weighted by Crippen LogP contribution is 2.33. The smallest absolute Gasteiger partial charge is 0.253 e. The van der Waals surface area contributed by atoms with Crippen LogP contribution in [-0.4, -0.2) is 11.7 Å². The van der Waals surface area contributed by atoms with Gasteiger partial charge in [0.1, 0.15) is 17.6 Å². The van der Waals surface area contributed by atoms with Gasteiger partial charge in [0.05, 0.1) is 18.4 Å². The Kier molecular flexibility index (Phi) is 4.59. The average molecular weight is 348 g/mol. The lowest BCUT2D eigenvalue weighted by Crippen LogP contribution is -2.21. The second kappa shape index (κ2) is 6.85. The van der Waals surface area contributed by atoms with Crippen LogP contribution in [0.25, 0.3) is 22.4 Å². The summed E-state index contributed by atoms with van der Waals surface area (Å²) in [5.74, 6) is 0.119. The van der Waals surface area contributed by atoms with Crippen molar-refractivity contribution in [1.82, 2.24) is 4.57 Å². The van der Waals surface area contributed by atoms with Crippen LogP contribution < -0.4 is 10.3 Å². The van der Waals surface area contributed by atoms with E-state index in [0.29, 0.717) is 22.6 Å². The van der Waals surface area contributed by atoms with Gasteiger partial charge < -0.3 is 9.30 Å². The number of halogens is 1. The zero-order valence-corrected chi connectivity index (χ0v) is 14.7. The number of pyridine rings is 1. The molecule has 0 radical (unpaired) electrons. The molecule has 3 aromatic rings. The van der Waals surface area contributed by atoms with E-state index in [4.69, 9.17) is 10.00 Å². The molecule has 0 aliphatic heterocycles. The molecule has 0 bridgehead atoms.